The minimum Gasteiger partial charge on any atom is -0.478 e. The van der Waals surface area contributed by atoms with Gasteiger partial charge in [-0.15, -0.1) is 12.4 Å². The normalized spacial score (nSPS) is 13.9. The number of benzene rings is 2. The van der Waals surface area contributed by atoms with Crippen LogP contribution in [0.5, 0.6) is 0 Å². The number of piperazine rings is 1. The summed E-state index contributed by atoms with van der Waals surface area (Å²) < 4.78 is 0. The van der Waals surface area contributed by atoms with Gasteiger partial charge in [-0.05, 0) is 47.5 Å². The average Bonchev–Trinajstić information content (AvgIpc) is 2.77. The number of allylic oxidation sites excluding steroid dienone is 1. The molecule has 1 aliphatic heterocycles. The number of hydrogen-bond donors (Lipinski definition) is 2. The van der Waals surface area contributed by atoms with Crippen LogP contribution in [0.1, 0.15) is 21.5 Å². The number of carbonyl (C=O) groups is 3. The molecule has 0 atom stereocenters. The highest BCUT2D eigenvalue weighted by atomic mass is 35.5. The Morgan fingerprint density at radius 2 is 1.32 bits per heavy atom. The molecule has 0 aliphatic carbocycles. The molecule has 2 aromatic carbocycles. The quantitative estimate of drug-likeness (QED) is 0.528. The minimum atomic E-state index is -0.997. The fraction of sp³-hybridized carbons (Fsp3) is 0.174. The Morgan fingerprint density at radius 3 is 1.81 bits per heavy atom. The maximum absolute atomic E-state index is 12.4. The second-order valence-corrected chi connectivity index (χ2v) is 6.90. The van der Waals surface area contributed by atoms with E-state index in [1.54, 1.807) is 35.2 Å². The number of amides is 2. The van der Waals surface area contributed by atoms with Gasteiger partial charge in [-0.1, -0.05) is 30.3 Å². The molecule has 0 unspecified atom stereocenters. The van der Waals surface area contributed by atoms with E-state index in [9.17, 15) is 14.4 Å². The molecular formula is C23H24ClN3O4. The van der Waals surface area contributed by atoms with Crippen molar-refractivity contribution < 1.29 is 19.5 Å². The average molecular weight is 442 g/mol. The smallest absolute Gasteiger partial charge is 0.328 e. The number of aliphatic carboxylic acids is 1. The highest BCUT2D eigenvalue weighted by Gasteiger charge is 2.19. The lowest BCUT2D eigenvalue weighted by Crippen LogP contribution is -2.50. The molecule has 0 bridgehead atoms. The van der Waals surface area contributed by atoms with Crippen molar-refractivity contribution in [3.8, 4) is 0 Å². The first kappa shape index (κ1) is 23.7. The Hall–Kier alpha value is -3.58. The summed E-state index contributed by atoms with van der Waals surface area (Å²) in [6, 6.07) is 14.2. The first-order valence-corrected chi connectivity index (χ1v) is 9.55. The second kappa shape index (κ2) is 11.0. The van der Waals surface area contributed by atoms with E-state index in [1.807, 2.05) is 24.3 Å². The molecular weight excluding hydrogens is 418 g/mol. The predicted molar refractivity (Wildman–Crippen MR) is 124 cm³/mol. The van der Waals surface area contributed by atoms with Gasteiger partial charge < -0.3 is 20.6 Å². The highest BCUT2D eigenvalue weighted by molar-refractivity contribution is 6.07. The first-order chi connectivity index (χ1) is 14.4. The van der Waals surface area contributed by atoms with Gasteiger partial charge >= 0.3 is 12.0 Å². The van der Waals surface area contributed by atoms with Crippen molar-refractivity contribution in [2.45, 2.75) is 0 Å². The van der Waals surface area contributed by atoms with E-state index < -0.39 is 12.0 Å². The van der Waals surface area contributed by atoms with Crippen molar-refractivity contribution in [2.24, 2.45) is 5.73 Å². The van der Waals surface area contributed by atoms with Crippen LogP contribution in [0.25, 0.3) is 12.2 Å². The Balaban J connectivity index is 0.00000341. The van der Waals surface area contributed by atoms with Crippen molar-refractivity contribution >= 4 is 48.0 Å². The predicted octanol–water partition coefficient (Wildman–Crippen LogP) is 3.30. The summed E-state index contributed by atoms with van der Waals surface area (Å²) >= 11 is 0. The van der Waals surface area contributed by atoms with Gasteiger partial charge in [-0.3, -0.25) is 4.79 Å². The molecule has 0 spiro atoms. The van der Waals surface area contributed by atoms with Crippen molar-refractivity contribution in [1.82, 2.24) is 4.90 Å². The molecule has 7 nitrogen and oxygen atoms in total. The largest absolute Gasteiger partial charge is 0.478 e. The maximum Gasteiger partial charge on any atom is 0.328 e. The molecule has 162 valence electrons. The summed E-state index contributed by atoms with van der Waals surface area (Å²) in [7, 11) is 0. The third-order valence-corrected chi connectivity index (χ3v) is 4.89. The number of carbonyl (C=O) groups excluding carboxylic acids is 2. The third-order valence-electron chi connectivity index (χ3n) is 4.89. The Kier molecular flexibility index (Phi) is 8.40. The molecule has 8 heteroatoms. The summed E-state index contributed by atoms with van der Waals surface area (Å²) in [5.41, 5.74) is 8.52. The minimum absolute atomic E-state index is 0. The lowest BCUT2D eigenvalue weighted by atomic mass is 10.1. The van der Waals surface area contributed by atoms with E-state index in [-0.39, 0.29) is 18.2 Å². The number of carboxylic acid groups (broad SMARTS) is 1. The molecule has 1 saturated heterocycles. The molecule has 31 heavy (non-hydrogen) atoms. The zero-order valence-electron chi connectivity index (χ0n) is 16.8. The van der Waals surface area contributed by atoms with Crippen LogP contribution in [-0.2, 0) is 4.79 Å². The maximum atomic E-state index is 12.4. The summed E-state index contributed by atoms with van der Waals surface area (Å²) in [5, 5.41) is 8.65. The van der Waals surface area contributed by atoms with Crippen LogP contribution < -0.4 is 10.6 Å². The number of anilines is 1. The fourth-order valence-electron chi connectivity index (χ4n) is 3.18. The number of urea groups is 1. The van der Waals surface area contributed by atoms with Gasteiger partial charge in [0.25, 0.3) is 0 Å². The van der Waals surface area contributed by atoms with Crippen molar-refractivity contribution in [3.63, 3.8) is 0 Å². The fourth-order valence-corrected chi connectivity index (χ4v) is 3.18. The van der Waals surface area contributed by atoms with Crippen molar-refractivity contribution in [2.75, 3.05) is 31.1 Å². The standard InChI is InChI=1S/C23H23N3O4.ClH/c24-23(30)26-15-13-25(14-16-26)20-9-7-19(8-10-20)21(27)11-5-17-1-3-18(4-2-17)6-12-22(28)29;/h1-12H,13-16H2,(H2,24,30)(H,28,29);1H/b11-5+,12-6+;. The van der Waals surface area contributed by atoms with E-state index in [4.69, 9.17) is 10.8 Å². The van der Waals surface area contributed by atoms with E-state index >= 15 is 0 Å². The van der Waals surface area contributed by atoms with Gasteiger partial charge in [0.15, 0.2) is 5.78 Å². The molecule has 2 amide bonds. The molecule has 0 aromatic heterocycles. The van der Waals surface area contributed by atoms with Gasteiger partial charge in [0, 0.05) is 43.5 Å². The lowest BCUT2D eigenvalue weighted by molar-refractivity contribution is -0.131. The van der Waals surface area contributed by atoms with Crippen LogP contribution >= 0.6 is 12.4 Å². The van der Waals surface area contributed by atoms with Crippen LogP contribution in [0.15, 0.2) is 60.7 Å². The van der Waals surface area contributed by atoms with Gasteiger partial charge in [0.05, 0.1) is 0 Å². The number of halogens is 1. The molecule has 1 heterocycles. The first-order valence-electron chi connectivity index (χ1n) is 9.55. The van der Waals surface area contributed by atoms with E-state index in [2.05, 4.69) is 4.90 Å². The van der Waals surface area contributed by atoms with Gasteiger partial charge in [-0.2, -0.15) is 0 Å². The van der Waals surface area contributed by atoms with Crippen molar-refractivity contribution in [1.29, 1.82) is 0 Å². The summed E-state index contributed by atoms with van der Waals surface area (Å²) in [5.74, 6) is -1.10. The SMILES string of the molecule is Cl.NC(=O)N1CCN(c2ccc(C(=O)/C=C/c3ccc(/C=C/C(=O)O)cc3)cc2)CC1. The topological polar surface area (TPSA) is 104 Å². The summed E-state index contributed by atoms with van der Waals surface area (Å²) in [6.07, 6.45) is 5.83. The molecule has 0 saturated carbocycles. The zero-order chi connectivity index (χ0) is 21.5. The molecule has 1 aliphatic rings. The van der Waals surface area contributed by atoms with E-state index in [0.29, 0.717) is 31.7 Å². The Labute approximate surface area is 186 Å². The van der Waals surface area contributed by atoms with Gasteiger partial charge in [0.1, 0.15) is 0 Å². The van der Waals surface area contributed by atoms with Crippen LogP contribution in [0.3, 0.4) is 0 Å². The Bertz CT molecular complexity index is 977. The molecule has 1 fully saturated rings. The van der Waals surface area contributed by atoms with Crippen LogP contribution in [0, 0.1) is 0 Å². The van der Waals surface area contributed by atoms with Gasteiger partial charge in [0.2, 0.25) is 0 Å². The highest BCUT2D eigenvalue weighted by Crippen LogP contribution is 2.18. The number of primary amides is 1. The summed E-state index contributed by atoms with van der Waals surface area (Å²) in [4.78, 5) is 38.0. The molecule has 3 N–H and O–H groups in total. The number of ketones is 1. The Morgan fingerprint density at radius 1 is 0.806 bits per heavy atom. The number of hydrogen-bond acceptors (Lipinski definition) is 4. The lowest BCUT2D eigenvalue weighted by Gasteiger charge is -2.35. The summed E-state index contributed by atoms with van der Waals surface area (Å²) in [6.45, 7) is 2.58. The van der Waals surface area contributed by atoms with E-state index in [1.165, 1.54) is 12.2 Å². The number of nitrogens with two attached hydrogens (primary N) is 1. The van der Waals surface area contributed by atoms with Crippen LogP contribution in [-0.4, -0.2) is 54.0 Å². The number of carboxylic acids is 1. The van der Waals surface area contributed by atoms with Crippen LogP contribution in [0.2, 0.25) is 0 Å². The monoisotopic (exact) mass is 441 g/mol. The van der Waals surface area contributed by atoms with Gasteiger partial charge in [-0.25, -0.2) is 9.59 Å². The van der Waals surface area contributed by atoms with Crippen LogP contribution in [0.4, 0.5) is 10.5 Å². The second-order valence-electron chi connectivity index (χ2n) is 6.90. The van der Waals surface area contributed by atoms with E-state index in [0.717, 1.165) is 22.9 Å². The molecule has 2 aromatic rings. The number of rotatable bonds is 6. The number of nitrogens with zero attached hydrogens (tertiary/aromatic N) is 2. The zero-order valence-corrected chi connectivity index (χ0v) is 17.6. The third kappa shape index (κ3) is 6.72. The van der Waals surface area contributed by atoms with Crippen molar-refractivity contribution in [3.05, 3.63) is 77.4 Å². The molecule has 0 radical (unpaired) electrons. The molecule has 3 rings (SSSR count).